The minimum Gasteiger partial charge on any atom is -0.398 e. The van der Waals surface area contributed by atoms with Crippen LogP contribution in [-0.2, 0) is 11.3 Å². The minimum atomic E-state index is 0.0144. The van der Waals surface area contributed by atoms with E-state index in [2.05, 4.69) is 5.32 Å². The fourth-order valence-corrected chi connectivity index (χ4v) is 2.68. The molecule has 1 amide bonds. The number of carbonyl (C=O) groups excluding carboxylic acids is 1. The van der Waals surface area contributed by atoms with Crippen LogP contribution in [0.2, 0.25) is 0 Å². The van der Waals surface area contributed by atoms with Crippen molar-refractivity contribution < 1.29 is 4.79 Å². The van der Waals surface area contributed by atoms with Gasteiger partial charge in [0, 0.05) is 17.1 Å². The Hall–Kier alpha value is -1.94. The summed E-state index contributed by atoms with van der Waals surface area (Å²) in [6.07, 6.45) is 0. The zero-order valence-electron chi connectivity index (χ0n) is 12.3. The lowest BCUT2D eigenvalue weighted by atomic mass is 10.1. The Morgan fingerprint density at radius 1 is 1.10 bits per heavy atom. The first-order chi connectivity index (χ1) is 10.0. The van der Waals surface area contributed by atoms with E-state index in [4.69, 9.17) is 5.73 Å². The van der Waals surface area contributed by atoms with Crippen molar-refractivity contribution in [3.05, 3.63) is 59.2 Å². The monoisotopic (exact) mass is 300 g/mol. The van der Waals surface area contributed by atoms with Crippen molar-refractivity contribution in [1.82, 2.24) is 5.32 Å². The molecule has 0 unspecified atom stereocenters. The van der Waals surface area contributed by atoms with E-state index in [1.807, 2.05) is 56.3 Å². The number of hydrogen-bond donors (Lipinski definition) is 2. The molecule has 0 spiro atoms. The Bertz CT molecular complexity index is 623. The second-order valence-electron chi connectivity index (χ2n) is 5.09. The molecule has 110 valence electrons. The average molecular weight is 300 g/mol. The van der Waals surface area contributed by atoms with Gasteiger partial charge >= 0.3 is 0 Å². The summed E-state index contributed by atoms with van der Waals surface area (Å²) in [6, 6.07) is 14.0. The zero-order valence-corrected chi connectivity index (χ0v) is 13.2. The molecule has 0 aliphatic rings. The maximum Gasteiger partial charge on any atom is 0.230 e. The van der Waals surface area contributed by atoms with Gasteiger partial charge in [0.05, 0.1) is 5.75 Å². The van der Waals surface area contributed by atoms with Gasteiger partial charge in [-0.2, -0.15) is 0 Å². The number of nitrogens with two attached hydrogens (primary N) is 1. The van der Waals surface area contributed by atoms with E-state index in [9.17, 15) is 4.79 Å². The third-order valence-electron chi connectivity index (χ3n) is 3.13. The van der Waals surface area contributed by atoms with Gasteiger partial charge in [0.25, 0.3) is 0 Å². The Morgan fingerprint density at radius 3 is 2.43 bits per heavy atom. The summed E-state index contributed by atoms with van der Waals surface area (Å²) in [5.74, 6) is 0.389. The van der Waals surface area contributed by atoms with Crippen molar-refractivity contribution >= 4 is 23.4 Å². The highest BCUT2D eigenvalue weighted by molar-refractivity contribution is 8.00. The molecule has 21 heavy (non-hydrogen) atoms. The van der Waals surface area contributed by atoms with Crippen molar-refractivity contribution in [2.24, 2.45) is 0 Å². The van der Waals surface area contributed by atoms with Crippen LogP contribution in [0.25, 0.3) is 0 Å². The van der Waals surface area contributed by atoms with Crippen LogP contribution in [0.1, 0.15) is 16.7 Å². The van der Waals surface area contributed by atoms with E-state index >= 15 is 0 Å². The fraction of sp³-hybridized carbons (Fsp3) is 0.235. The molecule has 4 heteroatoms. The molecule has 0 bridgehead atoms. The number of rotatable bonds is 5. The number of thioether (sulfide) groups is 1. The topological polar surface area (TPSA) is 55.1 Å². The van der Waals surface area contributed by atoms with Gasteiger partial charge in [-0.3, -0.25) is 4.79 Å². The van der Waals surface area contributed by atoms with Crippen LogP contribution in [-0.4, -0.2) is 11.7 Å². The predicted octanol–water partition coefficient (Wildman–Crippen LogP) is 3.29. The van der Waals surface area contributed by atoms with Gasteiger partial charge in [-0.15, -0.1) is 11.8 Å². The third-order valence-corrected chi connectivity index (χ3v) is 4.22. The van der Waals surface area contributed by atoms with Crippen molar-refractivity contribution in [3.63, 3.8) is 0 Å². The lowest BCUT2D eigenvalue weighted by molar-refractivity contribution is -0.118. The van der Waals surface area contributed by atoms with Gasteiger partial charge in [-0.25, -0.2) is 0 Å². The van der Waals surface area contributed by atoms with Crippen LogP contribution in [0.3, 0.4) is 0 Å². The first kappa shape index (κ1) is 15.4. The standard InChI is InChI=1S/C17H20N2OS/c1-12-3-6-14(7-4-12)10-19-17(20)11-21-16-8-5-13(2)9-15(16)18/h3-9H,10-11,18H2,1-2H3,(H,19,20). The van der Waals surface area contributed by atoms with Crippen molar-refractivity contribution in [2.45, 2.75) is 25.3 Å². The maximum atomic E-state index is 11.9. The number of carbonyl (C=O) groups is 1. The summed E-state index contributed by atoms with van der Waals surface area (Å²) in [7, 11) is 0. The summed E-state index contributed by atoms with van der Waals surface area (Å²) >= 11 is 1.46. The largest absolute Gasteiger partial charge is 0.398 e. The second-order valence-corrected chi connectivity index (χ2v) is 6.11. The number of nitrogen functional groups attached to an aromatic ring is 1. The Labute approximate surface area is 129 Å². The van der Waals surface area contributed by atoms with E-state index in [-0.39, 0.29) is 5.91 Å². The number of nitrogens with one attached hydrogen (secondary N) is 1. The highest BCUT2D eigenvalue weighted by Gasteiger charge is 2.05. The van der Waals surface area contributed by atoms with E-state index in [1.54, 1.807) is 0 Å². The minimum absolute atomic E-state index is 0.0144. The van der Waals surface area contributed by atoms with Gasteiger partial charge in [0.15, 0.2) is 0 Å². The molecule has 0 radical (unpaired) electrons. The summed E-state index contributed by atoms with van der Waals surface area (Å²) in [6.45, 7) is 4.60. The molecule has 0 aliphatic carbocycles. The Kier molecular flexibility index (Phi) is 5.28. The van der Waals surface area contributed by atoms with E-state index in [0.29, 0.717) is 12.3 Å². The molecule has 0 aliphatic heterocycles. The third kappa shape index (κ3) is 4.83. The molecule has 2 aromatic carbocycles. The van der Waals surface area contributed by atoms with E-state index in [0.717, 1.165) is 21.7 Å². The summed E-state index contributed by atoms with van der Waals surface area (Å²) in [5.41, 5.74) is 10.1. The number of benzene rings is 2. The van der Waals surface area contributed by atoms with Crippen LogP contribution in [0.4, 0.5) is 5.69 Å². The number of amides is 1. The zero-order chi connectivity index (χ0) is 15.2. The highest BCUT2D eigenvalue weighted by Crippen LogP contribution is 2.25. The number of hydrogen-bond acceptors (Lipinski definition) is 3. The van der Waals surface area contributed by atoms with Gasteiger partial charge in [-0.05, 0) is 37.1 Å². The molecule has 0 heterocycles. The quantitative estimate of drug-likeness (QED) is 0.658. The van der Waals surface area contributed by atoms with Crippen LogP contribution < -0.4 is 11.1 Å². The van der Waals surface area contributed by atoms with Gasteiger partial charge < -0.3 is 11.1 Å². The predicted molar refractivity (Wildman–Crippen MR) is 89.3 cm³/mol. The summed E-state index contributed by atoms with van der Waals surface area (Å²) in [4.78, 5) is 12.8. The molecular weight excluding hydrogens is 280 g/mol. The molecule has 3 N–H and O–H groups in total. The average Bonchev–Trinajstić information content (AvgIpc) is 2.46. The van der Waals surface area contributed by atoms with Crippen LogP contribution in [0.15, 0.2) is 47.4 Å². The van der Waals surface area contributed by atoms with Crippen molar-refractivity contribution in [1.29, 1.82) is 0 Å². The Balaban J connectivity index is 1.80. The molecule has 0 aromatic heterocycles. The lowest BCUT2D eigenvalue weighted by Gasteiger charge is -2.08. The summed E-state index contributed by atoms with van der Waals surface area (Å²) in [5, 5.41) is 2.92. The van der Waals surface area contributed by atoms with E-state index < -0.39 is 0 Å². The SMILES string of the molecule is Cc1ccc(CNC(=O)CSc2ccc(C)cc2N)cc1. The van der Waals surface area contributed by atoms with Crippen LogP contribution in [0.5, 0.6) is 0 Å². The van der Waals surface area contributed by atoms with Gasteiger partial charge in [-0.1, -0.05) is 35.9 Å². The normalized spacial score (nSPS) is 10.4. The molecule has 0 atom stereocenters. The number of aryl methyl sites for hydroxylation is 2. The molecule has 0 fully saturated rings. The van der Waals surface area contributed by atoms with Crippen molar-refractivity contribution in [3.8, 4) is 0 Å². The first-order valence-electron chi connectivity index (χ1n) is 6.86. The fourth-order valence-electron chi connectivity index (χ4n) is 1.90. The number of anilines is 1. The first-order valence-corrected chi connectivity index (χ1v) is 7.84. The second kappa shape index (κ2) is 7.18. The molecule has 0 saturated carbocycles. The highest BCUT2D eigenvalue weighted by atomic mass is 32.2. The molecule has 3 nitrogen and oxygen atoms in total. The van der Waals surface area contributed by atoms with Gasteiger partial charge in [0.2, 0.25) is 5.91 Å². The molecule has 2 aromatic rings. The van der Waals surface area contributed by atoms with E-state index in [1.165, 1.54) is 17.3 Å². The molecular formula is C17H20N2OS. The Morgan fingerprint density at radius 2 is 1.76 bits per heavy atom. The van der Waals surface area contributed by atoms with Gasteiger partial charge in [0.1, 0.15) is 0 Å². The smallest absolute Gasteiger partial charge is 0.230 e. The summed E-state index contributed by atoms with van der Waals surface area (Å²) < 4.78 is 0. The van der Waals surface area contributed by atoms with Crippen LogP contribution >= 0.6 is 11.8 Å². The maximum absolute atomic E-state index is 11.9. The molecule has 2 rings (SSSR count). The van der Waals surface area contributed by atoms with Crippen LogP contribution in [0, 0.1) is 13.8 Å². The lowest BCUT2D eigenvalue weighted by Crippen LogP contribution is -2.24. The molecule has 0 saturated heterocycles. The van der Waals surface area contributed by atoms with Crippen molar-refractivity contribution in [2.75, 3.05) is 11.5 Å².